The van der Waals surface area contributed by atoms with Gasteiger partial charge in [-0.05, 0) is 38.8 Å². The number of anilines is 2. The first-order valence-corrected chi connectivity index (χ1v) is 14.0. The number of nitrogen functional groups attached to an aromatic ring is 1. The van der Waals surface area contributed by atoms with Gasteiger partial charge in [0.25, 0.3) is 0 Å². The van der Waals surface area contributed by atoms with Crippen LogP contribution in [0.2, 0.25) is 0 Å². The SMILES string of the molecule is COP(=O)(Oc1ccccc1)N1C(C)CN(c2c(F)c(N)c3c(=O)c(C(=O)O)cn(C4CC4)c3c2F)CC1C. The van der Waals surface area contributed by atoms with Crippen molar-refractivity contribution in [2.45, 2.75) is 44.8 Å². The standard InChI is InChI=1S/C26H29F2N4O6P/c1-14-11-30(12-15(2)32(14)39(36,37-3)38-17-7-5-4-6-8-17)24-20(27)22(29)19-23(21(24)28)31(16-9-10-16)13-18(25(19)33)26(34)35/h4-8,13-16H,9-12,29H2,1-3H3,(H,34,35). The van der Waals surface area contributed by atoms with Gasteiger partial charge >= 0.3 is 13.7 Å². The van der Waals surface area contributed by atoms with Gasteiger partial charge in [-0.1, -0.05) is 18.2 Å². The second kappa shape index (κ2) is 9.93. The lowest BCUT2D eigenvalue weighted by atomic mass is 10.0. The number of halogens is 2. The van der Waals surface area contributed by atoms with Crippen LogP contribution in [0.3, 0.4) is 0 Å². The van der Waals surface area contributed by atoms with E-state index in [1.165, 1.54) is 16.6 Å². The van der Waals surface area contributed by atoms with E-state index in [2.05, 4.69) is 0 Å². The molecule has 1 saturated carbocycles. The van der Waals surface area contributed by atoms with Crippen molar-refractivity contribution in [1.29, 1.82) is 0 Å². The number of pyridine rings is 1. The molecule has 2 fully saturated rings. The van der Waals surface area contributed by atoms with Gasteiger partial charge < -0.3 is 24.8 Å². The molecule has 0 amide bonds. The molecule has 0 radical (unpaired) electrons. The largest absolute Gasteiger partial charge is 0.477 e. The summed E-state index contributed by atoms with van der Waals surface area (Å²) >= 11 is 0. The van der Waals surface area contributed by atoms with E-state index >= 15 is 8.78 Å². The molecule has 0 spiro atoms. The minimum atomic E-state index is -3.84. The zero-order valence-corrected chi connectivity index (χ0v) is 22.5. The van der Waals surface area contributed by atoms with Crippen molar-refractivity contribution in [3.8, 4) is 5.75 Å². The fourth-order valence-corrected chi connectivity index (χ4v) is 7.25. The minimum Gasteiger partial charge on any atom is -0.477 e. The number of nitrogens with zero attached hydrogens (tertiary/aromatic N) is 3. The van der Waals surface area contributed by atoms with Crippen molar-refractivity contribution in [2.24, 2.45) is 0 Å². The Kier molecular flexibility index (Phi) is 6.90. The molecular formula is C26H29F2N4O6P. The summed E-state index contributed by atoms with van der Waals surface area (Å²) in [5.74, 6) is -3.30. The first-order valence-electron chi connectivity index (χ1n) is 12.5. The third kappa shape index (κ3) is 4.56. The highest BCUT2D eigenvalue weighted by Gasteiger charge is 2.46. The third-order valence-electron chi connectivity index (χ3n) is 7.20. The summed E-state index contributed by atoms with van der Waals surface area (Å²) in [5.41, 5.74) is 3.16. The molecule has 39 heavy (non-hydrogen) atoms. The first kappa shape index (κ1) is 27.1. The van der Waals surface area contributed by atoms with E-state index in [0.717, 1.165) is 6.20 Å². The van der Waals surface area contributed by atoms with Crippen molar-refractivity contribution in [3.63, 3.8) is 0 Å². The topological polar surface area (TPSA) is 127 Å². The summed E-state index contributed by atoms with van der Waals surface area (Å²) in [6.45, 7) is 3.55. The molecule has 1 aromatic heterocycles. The van der Waals surface area contributed by atoms with Crippen molar-refractivity contribution < 1.29 is 32.3 Å². The molecule has 5 rings (SSSR count). The van der Waals surface area contributed by atoms with Gasteiger partial charge in [0.1, 0.15) is 17.0 Å². The van der Waals surface area contributed by atoms with Crippen LogP contribution in [0.1, 0.15) is 43.1 Å². The number of rotatable bonds is 7. The van der Waals surface area contributed by atoms with Gasteiger partial charge in [0, 0.05) is 44.5 Å². The maximum Gasteiger partial charge on any atom is 0.461 e. The monoisotopic (exact) mass is 562 g/mol. The Balaban J connectivity index is 1.57. The maximum absolute atomic E-state index is 16.2. The lowest BCUT2D eigenvalue weighted by Gasteiger charge is -2.46. The molecule has 3 atom stereocenters. The lowest BCUT2D eigenvalue weighted by molar-refractivity contribution is 0.0694. The summed E-state index contributed by atoms with van der Waals surface area (Å²) in [7, 11) is -2.56. The predicted octanol–water partition coefficient (Wildman–Crippen LogP) is 4.63. The average molecular weight is 563 g/mol. The number of carbonyl (C=O) groups is 1. The molecule has 10 nitrogen and oxygen atoms in total. The molecule has 1 saturated heterocycles. The molecule has 1 aliphatic carbocycles. The minimum absolute atomic E-state index is 0.0372. The van der Waals surface area contributed by atoms with Crippen LogP contribution < -0.4 is 20.6 Å². The van der Waals surface area contributed by atoms with E-state index in [9.17, 15) is 19.3 Å². The van der Waals surface area contributed by atoms with Gasteiger partial charge in [-0.3, -0.25) is 9.32 Å². The Hall–Kier alpha value is -3.47. The molecule has 0 bridgehead atoms. The number of carboxylic acids is 1. The van der Waals surface area contributed by atoms with E-state index in [1.54, 1.807) is 48.8 Å². The van der Waals surface area contributed by atoms with E-state index in [-0.39, 0.29) is 24.6 Å². The Labute approximate surface area is 223 Å². The number of fused-ring (bicyclic) bond motifs is 1. The molecule has 3 unspecified atom stereocenters. The highest BCUT2D eigenvalue weighted by Crippen LogP contribution is 2.55. The van der Waals surface area contributed by atoms with Crippen molar-refractivity contribution in [2.75, 3.05) is 30.8 Å². The highest BCUT2D eigenvalue weighted by atomic mass is 31.2. The number of hydrogen-bond donors (Lipinski definition) is 2. The van der Waals surface area contributed by atoms with Crippen molar-refractivity contribution >= 4 is 36.0 Å². The van der Waals surface area contributed by atoms with Gasteiger partial charge in [0.2, 0.25) is 5.43 Å². The van der Waals surface area contributed by atoms with Crippen LogP contribution in [-0.2, 0) is 9.09 Å². The second-order valence-corrected chi connectivity index (χ2v) is 11.9. The molecule has 2 heterocycles. The van der Waals surface area contributed by atoms with E-state index in [1.807, 2.05) is 0 Å². The third-order valence-corrected chi connectivity index (χ3v) is 9.46. The predicted molar refractivity (Wildman–Crippen MR) is 142 cm³/mol. The number of aromatic nitrogens is 1. The van der Waals surface area contributed by atoms with Crippen LogP contribution in [0.15, 0.2) is 41.3 Å². The highest BCUT2D eigenvalue weighted by molar-refractivity contribution is 7.51. The number of hydrogen-bond acceptors (Lipinski definition) is 7. The summed E-state index contributed by atoms with van der Waals surface area (Å²) < 4.78 is 59.9. The average Bonchev–Trinajstić information content (AvgIpc) is 3.72. The Morgan fingerprint density at radius 1 is 1.10 bits per heavy atom. The summed E-state index contributed by atoms with van der Waals surface area (Å²) in [6, 6.07) is 7.24. The smallest absolute Gasteiger partial charge is 0.461 e. The van der Waals surface area contributed by atoms with Gasteiger partial charge in [-0.15, -0.1) is 0 Å². The quantitative estimate of drug-likeness (QED) is 0.313. The van der Waals surface area contributed by atoms with Gasteiger partial charge in [-0.25, -0.2) is 18.1 Å². The number of piperazine rings is 1. The van der Waals surface area contributed by atoms with Crippen molar-refractivity contribution in [1.82, 2.24) is 9.24 Å². The fraction of sp³-hybridized carbons (Fsp3) is 0.385. The molecular weight excluding hydrogens is 533 g/mol. The molecule has 13 heteroatoms. The van der Waals surface area contributed by atoms with E-state index in [4.69, 9.17) is 14.8 Å². The number of para-hydroxylation sites is 1. The van der Waals surface area contributed by atoms with Gasteiger partial charge in [0.15, 0.2) is 11.6 Å². The maximum atomic E-state index is 16.2. The van der Waals surface area contributed by atoms with Crippen LogP contribution >= 0.6 is 7.75 Å². The summed E-state index contributed by atoms with van der Waals surface area (Å²) in [5, 5.41) is 9.02. The fourth-order valence-electron chi connectivity index (χ4n) is 5.40. The van der Waals surface area contributed by atoms with Gasteiger partial charge in [-0.2, -0.15) is 4.67 Å². The lowest BCUT2D eigenvalue weighted by Crippen LogP contribution is -2.56. The zero-order chi connectivity index (χ0) is 28.2. The molecule has 1 aliphatic heterocycles. The molecule has 2 aromatic carbocycles. The number of benzene rings is 2. The Bertz CT molecular complexity index is 1550. The number of nitrogens with two attached hydrogens (primary N) is 1. The number of aromatic carboxylic acids is 1. The molecule has 2 aliphatic rings. The van der Waals surface area contributed by atoms with Crippen LogP contribution in [0.25, 0.3) is 10.9 Å². The van der Waals surface area contributed by atoms with Crippen molar-refractivity contribution in [3.05, 3.63) is 63.9 Å². The van der Waals surface area contributed by atoms with Gasteiger partial charge in [0.05, 0.1) is 16.6 Å². The molecule has 3 aromatic rings. The molecule has 3 N–H and O–H groups in total. The normalized spacial score (nSPS) is 21.6. The second-order valence-electron chi connectivity index (χ2n) is 9.97. The Morgan fingerprint density at radius 3 is 2.26 bits per heavy atom. The van der Waals surface area contributed by atoms with E-state index in [0.29, 0.717) is 18.6 Å². The summed E-state index contributed by atoms with van der Waals surface area (Å²) in [4.78, 5) is 26.1. The first-order chi connectivity index (χ1) is 18.5. The van der Waals surface area contributed by atoms with Crippen LogP contribution in [0.5, 0.6) is 5.75 Å². The van der Waals surface area contributed by atoms with Crippen LogP contribution in [0.4, 0.5) is 20.2 Å². The zero-order valence-electron chi connectivity index (χ0n) is 21.6. The number of carboxylic acid groups (broad SMARTS) is 1. The van der Waals surface area contributed by atoms with Crippen LogP contribution in [-0.4, -0.2) is 52.6 Å². The van der Waals surface area contributed by atoms with Crippen LogP contribution in [0, 0.1) is 11.6 Å². The van der Waals surface area contributed by atoms with E-state index < -0.39 is 65.2 Å². The summed E-state index contributed by atoms with van der Waals surface area (Å²) in [6.07, 6.45) is 2.42. The molecule has 208 valence electrons. The Morgan fingerprint density at radius 2 is 1.72 bits per heavy atom.